The molecule has 2 aliphatic rings. The number of nitrogens with one attached hydrogen (secondary N) is 2. The molecule has 5 heteroatoms. The van der Waals surface area contributed by atoms with Gasteiger partial charge in [-0.2, -0.15) is 5.53 Å². The van der Waals surface area contributed by atoms with Crippen LogP contribution in [0.15, 0.2) is 0 Å². The standard InChI is InChI=1S/C6H9N3O2/c10-5-3-6(11)9-4(5)1-2-7-8-9/h4,7-8H,1-3H2. The second-order valence-electron chi connectivity index (χ2n) is 2.75. The van der Waals surface area contributed by atoms with Crippen molar-refractivity contribution in [2.75, 3.05) is 6.54 Å². The Morgan fingerprint density at radius 2 is 2.27 bits per heavy atom. The first kappa shape index (κ1) is 6.75. The Balaban J connectivity index is 2.19. The number of rotatable bonds is 0. The molecule has 2 aliphatic heterocycles. The van der Waals surface area contributed by atoms with Gasteiger partial charge in [-0.15, -0.1) is 0 Å². The summed E-state index contributed by atoms with van der Waals surface area (Å²) in [7, 11) is 0. The van der Waals surface area contributed by atoms with Gasteiger partial charge >= 0.3 is 0 Å². The molecule has 2 rings (SSSR count). The fraction of sp³-hybridized carbons (Fsp3) is 0.667. The second-order valence-corrected chi connectivity index (χ2v) is 2.75. The molecule has 0 radical (unpaired) electrons. The summed E-state index contributed by atoms with van der Waals surface area (Å²) >= 11 is 0. The van der Waals surface area contributed by atoms with E-state index in [1.54, 1.807) is 0 Å². The zero-order valence-corrected chi connectivity index (χ0v) is 5.96. The van der Waals surface area contributed by atoms with E-state index in [1.165, 1.54) is 5.01 Å². The van der Waals surface area contributed by atoms with Crippen LogP contribution in [0, 0.1) is 0 Å². The molecule has 60 valence electrons. The molecule has 0 aliphatic carbocycles. The van der Waals surface area contributed by atoms with E-state index in [9.17, 15) is 9.59 Å². The average Bonchev–Trinajstić information content (AvgIpc) is 2.30. The first-order valence-corrected chi connectivity index (χ1v) is 3.62. The minimum atomic E-state index is -0.219. The number of carbonyl (C=O) groups excluding carboxylic acids is 2. The fourth-order valence-electron chi connectivity index (χ4n) is 1.45. The molecule has 0 saturated carbocycles. The van der Waals surface area contributed by atoms with E-state index in [-0.39, 0.29) is 24.2 Å². The number of ketones is 1. The van der Waals surface area contributed by atoms with E-state index in [2.05, 4.69) is 11.0 Å². The summed E-state index contributed by atoms with van der Waals surface area (Å²) in [6, 6.07) is -0.219. The highest BCUT2D eigenvalue weighted by atomic mass is 16.2. The van der Waals surface area contributed by atoms with Gasteiger partial charge in [0.25, 0.3) is 0 Å². The van der Waals surface area contributed by atoms with Crippen LogP contribution in [0.2, 0.25) is 0 Å². The summed E-state index contributed by atoms with van der Waals surface area (Å²) < 4.78 is 0. The number of amides is 1. The van der Waals surface area contributed by atoms with E-state index in [4.69, 9.17) is 0 Å². The van der Waals surface area contributed by atoms with Gasteiger partial charge in [-0.05, 0) is 6.42 Å². The third kappa shape index (κ3) is 0.928. The highest BCUT2D eigenvalue weighted by Crippen LogP contribution is 2.16. The van der Waals surface area contributed by atoms with E-state index in [0.717, 1.165) is 13.0 Å². The summed E-state index contributed by atoms with van der Waals surface area (Å²) in [4.78, 5) is 22.1. The van der Waals surface area contributed by atoms with Gasteiger partial charge < -0.3 is 0 Å². The van der Waals surface area contributed by atoms with Crippen LogP contribution in [0.25, 0.3) is 0 Å². The lowest BCUT2D eigenvalue weighted by molar-refractivity contribution is -0.135. The van der Waals surface area contributed by atoms with Crippen LogP contribution in [0.4, 0.5) is 0 Å². The predicted molar refractivity (Wildman–Crippen MR) is 36.0 cm³/mol. The highest BCUT2D eigenvalue weighted by molar-refractivity contribution is 6.07. The zero-order valence-electron chi connectivity index (χ0n) is 5.96. The van der Waals surface area contributed by atoms with Gasteiger partial charge in [0.05, 0.1) is 6.42 Å². The molecule has 1 unspecified atom stereocenters. The summed E-state index contributed by atoms with van der Waals surface area (Å²) in [6.07, 6.45) is 0.775. The lowest BCUT2D eigenvalue weighted by Crippen LogP contribution is -2.57. The summed E-state index contributed by atoms with van der Waals surface area (Å²) in [6.45, 7) is 0.736. The van der Waals surface area contributed by atoms with Gasteiger partial charge in [0.1, 0.15) is 6.04 Å². The number of hydrogen-bond acceptors (Lipinski definition) is 4. The Labute approximate surface area is 63.7 Å². The maximum absolute atomic E-state index is 11.1. The molecular weight excluding hydrogens is 146 g/mol. The van der Waals surface area contributed by atoms with Crippen LogP contribution >= 0.6 is 0 Å². The van der Waals surface area contributed by atoms with Crippen LogP contribution in [0.3, 0.4) is 0 Å². The monoisotopic (exact) mass is 155 g/mol. The fourth-order valence-corrected chi connectivity index (χ4v) is 1.45. The quantitative estimate of drug-likeness (QED) is 0.421. The van der Waals surface area contributed by atoms with Crippen LogP contribution in [0.1, 0.15) is 12.8 Å². The Morgan fingerprint density at radius 3 is 3.00 bits per heavy atom. The van der Waals surface area contributed by atoms with Crippen molar-refractivity contribution < 1.29 is 9.59 Å². The highest BCUT2D eigenvalue weighted by Gasteiger charge is 2.39. The van der Waals surface area contributed by atoms with Crippen molar-refractivity contribution in [3.63, 3.8) is 0 Å². The Morgan fingerprint density at radius 1 is 1.45 bits per heavy atom. The minimum absolute atomic E-state index is 0.0315. The van der Waals surface area contributed by atoms with Gasteiger partial charge in [0, 0.05) is 6.54 Å². The van der Waals surface area contributed by atoms with Gasteiger partial charge in [-0.25, -0.2) is 5.43 Å². The topological polar surface area (TPSA) is 61.4 Å². The van der Waals surface area contributed by atoms with Crippen LogP contribution in [0.5, 0.6) is 0 Å². The number of fused-ring (bicyclic) bond motifs is 1. The number of nitrogens with zero attached hydrogens (tertiary/aromatic N) is 1. The van der Waals surface area contributed by atoms with E-state index >= 15 is 0 Å². The van der Waals surface area contributed by atoms with Gasteiger partial charge in [-0.3, -0.25) is 14.6 Å². The molecule has 0 spiro atoms. The van der Waals surface area contributed by atoms with E-state index in [1.807, 2.05) is 0 Å². The molecule has 1 atom stereocenters. The molecular formula is C6H9N3O2. The van der Waals surface area contributed by atoms with Crippen molar-refractivity contribution in [2.45, 2.75) is 18.9 Å². The maximum Gasteiger partial charge on any atom is 0.245 e. The third-order valence-corrected chi connectivity index (χ3v) is 2.02. The zero-order chi connectivity index (χ0) is 7.84. The van der Waals surface area contributed by atoms with Gasteiger partial charge in [0.2, 0.25) is 5.91 Å². The van der Waals surface area contributed by atoms with Crippen LogP contribution in [-0.2, 0) is 9.59 Å². The largest absolute Gasteiger partial charge is 0.297 e. The molecule has 1 amide bonds. The summed E-state index contributed by atoms with van der Waals surface area (Å²) in [5.41, 5.74) is 5.48. The SMILES string of the molecule is O=C1CC(=O)N2NNCCC12. The maximum atomic E-state index is 11.1. The second kappa shape index (κ2) is 2.28. The van der Waals surface area contributed by atoms with Crippen LogP contribution in [-0.4, -0.2) is 29.3 Å². The molecule has 0 aromatic carbocycles. The molecule has 0 bridgehead atoms. The van der Waals surface area contributed by atoms with Crippen molar-refractivity contribution in [3.05, 3.63) is 0 Å². The average molecular weight is 155 g/mol. The minimum Gasteiger partial charge on any atom is -0.297 e. The van der Waals surface area contributed by atoms with Crippen molar-refractivity contribution in [2.24, 2.45) is 0 Å². The third-order valence-electron chi connectivity index (χ3n) is 2.02. The normalized spacial score (nSPS) is 30.9. The molecule has 11 heavy (non-hydrogen) atoms. The van der Waals surface area contributed by atoms with E-state index in [0.29, 0.717) is 0 Å². The van der Waals surface area contributed by atoms with Gasteiger partial charge in [0.15, 0.2) is 5.78 Å². The Bertz CT molecular complexity index is 194. The Hall–Kier alpha value is -0.940. The first-order valence-electron chi connectivity index (χ1n) is 3.62. The number of carbonyl (C=O) groups is 2. The number of hydrogen-bond donors (Lipinski definition) is 2. The van der Waals surface area contributed by atoms with Crippen molar-refractivity contribution in [1.82, 2.24) is 16.0 Å². The molecule has 0 aromatic heterocycles. The van der Waals surface area contributed by atoms with Crippen molar-refractivity contribution >= 4 is 11.7 Å². The lowest BCUT2D eigenvalue weighted by atomic mass is 10.1. The molecule has 2 fully saturated rings. The van der Waals surface area contributed by atoms with Crippen molar-refractivity contribution in [3.8, 4) is 0 Å². The first-order chi connectivity index (χ1) is 5.29. The summed E-state index contributed by atoms with van der Waals surface area (Å²) in [5.74, 6) is -0.101. The van der Waals surface area contributed by atoms with Crippen molar-refractivity contribution in [1.29, 1.82) is 0 Å². The van der Waals surface area contributed by atoms with Gasteiger partial charge in [-0.1, -0.05) is 0 Å². The molecule has 2 heterocycles. The van der Waals surface area contributed by atoms with E-state index < -0.39 is 0 Å². The predicted octanol–water partition coefficient (Wildman–Crippen LogP) is -1.43. The van der Waals surface area contributed by atoms with Crippen LogP contribution < -0.4 is 11.0 Å². The number of hydrazine groups is 2. The molecule has 0 aromatic rings. The Kier molecular flexibility index (Phi) is 1.40. The molecule has 2 N–H and O–H groups in total. The number of Topliss-reactive ketones (excluding diaryl/α,β-unsaturated/α-hetero) is 1. The molecule has 5 nitrogen and oxygen atoms in total. The molecule has 2 saturated heterocycles. The summed E-state index contributed by atoms with van der Waals surface area (Å²) in [5, 5.41) is 1.38. The lowest BCUT2D eigenvalue weighted by Gasteiger charge is -2.29. The smallest absolute Gasteiger partial charge is 0.245 e.